The Morgan fingerprint density at radius 3 is 2.68 bits per heavy atom. The molecule has 1 heterocycles. The summed E-state index contributed by atoms with van der Waals surface area (Å²) in [6, 6.07) is 7.13. The van der Waals surface area contributed by atoms with Crippen LogP contribution in [0.5, 0.6) is 0 Å². The van der Waals surface area contributed by atoms with E-state index in [0.29, 0.717) is 17.1 Å². The van der Waals surface area contributed by atoms with Gasteiger partial charge in [0.2, 0.25) is 10.8 Å². The van der Waals surface area contributed by atoms with Crippen LogP contribution in [0.1, 0.15) is 18.9 Å². The minimum absolute atomic E-state index is 0.00812. The van der Waals surface area contributed by atoms with Gasteiger partial charge < -0.3 is 20.3 Å². The number of carbonyl (C=O) groups excluding carboxylic acids is 1. The Balaban J connectivity index is 2.02. The lowest BCUT2D eigenvalue weighted by Gasteiger charge is -2.24. The van der Waals surface area contributed by atoms with E-state index in [1.807, 2.05) is 0 Å². The van der Waals surface area contributed by atoms with Crippen molar-refractivity contribution >= 4 is 56.6 Å². The van der Waals surface area contributed by atoms with Crippen LogP contribution in [0.15, 0.2) is 35.2 Å². The number of amides is 1. The second-order valence-electron chi connectivity index (χ2n) is 6.52. The fraction of sp³-hybridized carbons (Fsp3) is 0.278. The highest BCUT2D eigenvalue weighted by Gasteiger charge is 2.29. The largest absolute Gasteiger partial charge is 0.588 e. The number of sulfonamides is 1. The monoisotopic (exact) mass is 443 g/mol. The number of fused-ring (bicyclic) bond motifs is 1. The van der Waals surface area contributed by atoms with E-state index >= 15 is 0 Å². The maximum absolute atomic E-state index is 13.1. The Kier molecular flexibility index (Phi) is 6.16. The lowest BCUT2D eigenvalue weighted by atomic mass is 10.0. The van der Waals surface area contributed by atoms with Crippen LogP contribution in [0.25, 0.3) is 0 Å². The molecule has 0 saturated heterocycles. The van der Waals surface area contributed by atoms with Crippen molar-refractivity contribution < 1.29 is 18.7 Å². The van der Waals surface area contributed by atoms with E-state index in [4.69, 9.17) is 23.2 Å². The highest BCUT2D eigenvalue weighted by molar-refractivity contribution is 7.99. The number of hydrogen-bond acceptors (Lipinski definition) is 5. The summed E-state index contributed by atoms with van der Waals surface area (Å²) >= 11 is 11.9. The van der Waals surface area contributed by atoms with Crippen molar-refractivity contribution in [1.82, 2.24) is 0 Å². The molecule has 3 rings (SSSR count). The predicted molar refractivity (Wildman–Crippen MR) is 111 cm³/mol. The average Bonchev–Trinajstić information content (AvgIpc) is 2.63. The number of aliphatic hydroxyl groups excluding tert-OH is 1. The SMILES string of the molecule is C[C@@H](CO)Nc1cc2c(cc1[S+](=O)([O-])Nc1ccc(Cl)c(Cl)c1)CCC(=O)N2. The molecule has 150 valence electrons. The Bertz CT molecular complexity index is 970. The molecule has 0 saturated carbocycles. The molecule has 7 nitrogen and oxygen atoms in total. The van der Waals surface area contributed by atoms with Crippen molar-refractivity contribution in [3.8, 4) is 0 Å². The molecule has 0 fully saturated rings. The quantitative estimate of drug-likeness (QED) is 0.508. The zero-order chi connectivity index (χ0) is 20.5. The maximum Gasteiger partial charge on any atom is 0.224 e. The van der Waals surface area contributed by atoms with Gasteiger partial charge in [-0.3, -0.25) is 4.79 Å². The Hall–Kier alpha value is -1.84. The first kappa shape index (κ1) is 20.9. The molecule has 2 aromatic rings. The molecular weight excluding hydrogens is 425 g/mol. The highest BCUT2D eigenvalue weighted by Crippen LogP contribution is 2.36. The van der Waals surface area contributed by atoms with E-state index in [1.54, 1.807) is 13.0 Å². The van der Waals surface area contributed by atoms with Crippen LogP contribution in [-0.2, 0) is 25.8 Å². The summed E-state index contributed by atoms with van der Waals surface area (Å²) in [5, 5.41) is 15.6. The number of nitrogens with one attached hydrogen (secondary N) is 3. The summed E-state index contributed by atoms with van der Waals surface area (Å²) < 4.78 is 28.6. The molecule has 0 bridgehead atoms. The molecule has 4 N–H and O–H groups in total. The van der Waals surface area contributed by atoms with Gasteiger partial charge in [-0.1, -0.05) is 27.4 Å². The normalized spacial score (nSPS) is 16.5. The molecule has 1 aliphatic heterocycles. The van der Waals surface area contributed by atoms with Crippen LogP contribution in [0.4, 0.5) is 17.1 Å². The lowest BCUT2D eigenvalue weighted by Crippen LogP contribution is -2.27. The van der Waals surface area contributed by atoms with Crippen LogP contribution >= 0.6 is 23.2 Å². The molecule has 0 radical (unpaired) electrons. The van der Waals surface area contributed by atoms with Gasteiger partial charge in [-0.15, -0.1) is 0 Å². The predicted octanol–water partition coefficient (Wildman–Crippen LogP) is 3.69. The second-order valence-corrected chi connectivity index (χ2v) is 8.98. The molecular formula is C18H19Cl2N3O4S. The number of aryl methyl sites for hydroxylation is 1. The first-order valence-corrected chi connectivity index (χ1v) is 10.8. The highest BCUT2D eigenvalue weighted by atomic mass is 35.5. The molecule has 0 spiro atoms. The van der Waals surface area contributed by atoms with Crippen LogP contribution in [-0.4, -0.2) is 28.2 Å². The van der Waals surface area contributed by atoms with Crippen LogP contribution in [0.2, 0.25) is 10.0 Å². The minimum atomic E-state index is -3.98. The van der Waals surface area contributed by atoms with Crippen molar-refractivity contribution in [3.63, 3.8) is 0 Å². The number of benzene rings is 2. The van der Waals surface area contributed by atoms with Gasteiger partial charge in [-0.2, -0.15) is 0 Å². The Labute approximate surface area is 173 Å². The number of hydrogen-bond donors (Lipinski definition) is 4. The molecule has 1 aliphatic rings. The topological polar surface area (TPSA) is 114 Å². The fourth-order valence-electron chi connectivity index (χ4n) is 2.82. The van der Waals surface area contributed by atoms with Gasteiger partial charge in [-0.05, 0) is 43.2 Å². The van der Waals surface area contributed by atoms with E-state index in [0.717, 1.165) is 5.56 Å². The van der Waals surface area contributed by atoms with E-state index in [9.17, 15) is 18.7 Å². The molecule has 1 unspecified atom stereocenters. The smallest absolute Gasteiger partial charge is 0.224 e. The minimum Gasteiger partial charge on any atom is -0.588 e. The zero-order valence-corrected chi connectivity index (χ0v) is 17.2. The average molecular weight is 444 g/mol. The molecule has 1 amide bonds. The van der Waals surface area contributed by atoms with E-state index in [1.165, 1.54) is 24.3 Å². The third kappa shape index (κ3) is 4.59. The van der Waals surface area contributed by atoms with Gasteiger partial charge in [0.15, 0.2) is 10.4 Å². The summed E-state index contributed by atoms with van der Waals surface area (Å²) in [5.74, 6) is -0.127. The molecule has 10 heteroatoms. The van der Waals surface area contributed by atoms with Gasteiger partial charge >= 0.3 is 0 Å². The zero-order valence-electron chi connectivity index (χ0n) is 14.9. The number of carbonyl (C=O) groups is 1. The Morgan fingerprint density at radius 2 is 2.00 bits per heavy atom. The number of halogens is 2. The van der Waals surface area contributed by atoms with Crippen molar-refractivity contribution in [1.29, 1.82) is 0 Å². The van der Waals surface area contributed by atoms with E-state index < -0.39 is 16.4 Å². The summed E-state index contributed by atoms with van der Waals surface area (Å²) in [6.45, 7) is 1.52. The van der Waals surface area contributed by atoms with Crippen LogP contribution in [0, 0.1) is 0 Å². The number of rotatable bonds is 6. The van der Waals surface area contributed by atoms with Crippen molar-refractivity contribution in [2.45, 2.75) is 30.7 Å². The first-order chi connectivity index (χ1) is 13.2. The van der Waals surface area contributed by atoms with Crippen LogP contribution in [0.3, 0.4) is 0 Å². The second kappa shape index (κ2) is 8.26. The number of anilines is 3. The van der Waals surface area contributed by atoms with Crippen molar-refractivity contribution in [2.75, 3.05) is 22.0 Å². The third-order valence-corrected chi connectivity index (χ3v) is 6.40. The molecule has 2 atom stereocenters. The fourth-order valence-corrected chi connectivity index (χ4v) is 4.37. The van der Waals surface area contributed by atoms with Crippen molar-refractivity contribution in [2.24, 2.45) is 0 Å². The van der Waals surface area contributed by atoms with E-state index in [2.05, 4.69) is 15.4 Å². The lowest BCUT2D eigenvalue weighted by molar-refractivity contribution is -0.116. The van der Waals surface area contributed by atoms with E-state index in [-0.39, 0.29) is 40.2 Å². The summed E-state index contributed by atoms with van der Waals surface area (Å²) in [4.78, 5) is 11.7. The Morgan fingerprint density at radius 1 is 1.25 bits per heavy atom. The van der Waals surface area contributed by atoms with Gasteiger partial charge in [0, 0.05) is 24.2 Å². The van der Waals surface area contributed by atoms with Gasteiger partial charge in [0.05, 0.1) is 28.0 Å². The van der Waals surface area contributed by atoms with Gasteiger partial charge in [0.1, 0.15) is 0 Å². The summed E-state index contributed by atoms with van der Waals surface area (Å²) in [6.07, 6.45) is 0.721. The van der Waals surface area contributed by atoms with Gasteiger partial charge in [-0.25, -0.2) is 4.72 Å². The van der Waals surface area contributed by atoms with Crippen LogP contribution < -0.4 is 15.4 Å². The maximum atomic E-state index is 13.1. The van der Waals surface area contributed by atoms with Crippen molar-refractivity contribution in [3.05, 3.63) is 45.9 Å². The standard InChI is InChI=1S/C18H19Cl2N3O4S/c1-10(9-24)21-16-8-15-11(2-5-18(25)22-15)6-17(16)28(26,27)23-12-3-4-13(19)14(20)7-12/h3-4,6-8,10,24H,2,5,9H2,1H3,(H3-,21,22,23,25,26,27)/t10-/m0/s1. The summed E-state index contributed by atoms with van der Waals surface area (Å²) in [7, 11) is -3.98. The first-order valence-electron chi connectivity index (χ1n) is 8.51. The molecule has 0 aromatic heterocycles. The van der Waals surface area contributed by atoms with Gasteiger partial charge in [0.25, 0.3) is 0 Å². The number of aliphatic hydroxyl groups is 1. The summed E-state index contributed by atoms with van der Waals surface area (Å²) in [5.41, 5.74) is 1.81. The molecule has 2 aromatic carbocycles. The molecule has 0 aliphatic carbocycles. The third-order valence-electron chi connectivity index (χ3n) is 4.24. The molecule has 28 heavy (non-hydrogen) atoms.